The maximum atomic E-state index is 11.2. The molecule has 0 spiro atoms. The van der Waals surface area contributed by atoms with Gasteiger partial charge in [0.1, 0.15) is 0 Å². The number of aliphatic hydroxyl groups is 1. The van der Waals surface area contributed by atoms with Gasteiger partial charge < -0.3 is 10.4 Å². The Balaban J connectivity index is 2.03. The number of hydrogen-bond acceptors (Lipinski definition) is 2. The van der Waals surface area contributed by atoms with E-state index in [1.165, 1.54) is 10.8 Å². The molecule has 0 aromatic heterocycles. The number of nitrogens with one attached hydrogen (secondary N) is 1. The van der Waals surface area contributed by atoms with E-state index in [1.807, 2.05) is 19.1 Å². The Labute approximate surface area is 159 Å². The van der Waals surface area contributed by atoms with E-state index in [9.17, 15) is 5.11 Å². The van der Waals surface area contributed by atoms with Crippen molar-refractivity contribution in [1.29, 1.82) is 0 Å². The van der Waals surface area contributed by atoms with Crippen molar-refractivity contribution >= 4 is 28.1 Å². The zero-order chi connectivity index (χ0) is 18.7. The van der Waals surface area contributed by atoms with Crippen molar-refractivity contribution in [2.45, 2.75) is 45.3 Å². The van der Waals surface area contributed by atoms with Crippen molar-refractivity contribution in [2.24, 2.45) is 0 Å². The van der Waals surface area contributed by atoms with E-state index in [2.05, 4.69) is 62.5 Å². The lowest BCUT2D eigenvalue weighted by molar-refractivity contribution is 0.0274. The van der Waals surface area contributed by atoms with E-state index < -0.39 is 5.60 Å². The van der Waals surface area contributed by atoms with Gasteiger partial charge in [-0.2, -0.15) is 0 Å². The minimum Gasteiger partial charge on any atom is -0.385 e. The molecular weight excluding hydrogens is 342 g/mol. The highest BCUT2D eigenvalue weighted by molar-refractivity contribution is 6.35. The maximum Gasteiger partial charge on any atom is 0.0925 e. The van der Waals surface area contributed by atoms with Crippen LogP contribution in [0.25, 0.3) is 21.9 Å². The number of anilines is 1. The summed E-state index contributed by atoms with van der Waals surface area (Å²) in [6, 6.07) is 16.7. The smallest absolute Gasteiger partial charge is 0.0925 e. The zero-order valence-electron chi connectivity index (χ0n) is 15.7. The Morgan fingerprint density at radius 1 is 1.00 bits per heavy atom. The highest BCUT2D eigenvalue weighted by atomic mass is 35.5. The van der Waals surface area contributed by atoms with E-state index in [1.54, 1.807) is 0 Å². The molecule has 0 saturated carbocycles. The first-order valence-corrected chi connectivity index (χ1v) is 9.40. The number of fused-ring (bicyclic) bond motifs is 2. The van der Waals surface area contributed by atoms with Crippen LogP contribution in [0.4, 0.5) is 5.69 Å². The van der Waals surface area contributed by atoms with Crippen LogP contribution < -0.4 is 5.32 Å². The van der Waals surface area contributed by atoms with Crippen LogP contribution in [0.2, 0.25) is 5.02 Å². The van der Waals surface area contributed by atoms with Gasteiger partial charge in [0.2, 0.25) is 0 Å². The summed E-state index contributed by atoms with van der Waals surface area (Å²) in [5.41, 5.74) is 3.76. The topological polar surface area (TPSA) is 32.3 Å². The fraction of sp³-hybridized carbons (Fsp3) is 0.304. The van der Waals surface area contributed by atoms with Gasteiger partial charge in [0.25, 0.3) is 0 Å². The fourth-order valence-corrected chi connectivity index (χ4v) is 4.90. The number of hydrogen-bond donors (Lipinski definition) is 2. The van der Waals surface area contributed by atoms with Crippen LogP contribution in [-0.4, -0.2) is 10.6 Å². The monoisotopic (exact) mass is 365 g/mol. The second-order valence-corrected chi connectivity index (χ2v) is 8.67. The normalized spacial score (nSPS) is 21.3. The molecule has 1 unspecified atom stereocenters. The van der Waals surface area contributed by atoms with Gasteiger partial charge in [-0.3, -0.25) is 0 Å². The van der Waals surface area contributed by atoms with E-state index in [0.29, 0.717) is 11.4 Å². The van der Waals surface area contributed by atoms with Gasteiger partial charge in [-0.25, -0.2) is 0 Å². The highest BCUT2D eigenvalue weighted by Gasteiger charge is 2.41. The van der Waals surface area contributed by atoms with Crippen LogP contribution in [-0.2, 0) is 5.60 Å². The quantitative estimate of drug-likeness (QED) is 0.532. The average Bonchev–Trinajstić information content (AvgIpc) is 2.55. The molecule has 0 saturated heterocycles. The van der Waals surface area contributed by atoms with Crippen molar-refractivity contribution < 1.29 is 5.11 Å². The molecule has 3 heteroatoms. The molecule has 1 atom stereocenters. The van der Waals surface area contributed by atoms with Crippen molar-refractivity contribution in [3.8, 4) is 11.1 Å². The summed E-state index contributed by atoms with van der Waals surface area (Å²) in [5.74, 6) is 0. The molecule has 3 aromatic carbocycles. The SMILES string of the molecule is Cc1cc(-c2cccc3ccccc23)c(Cl)c2c1NC(C)(C)CC2(C)O. The molecule has 26 heavy (non-hydrogen) atoms. The summed E-state index contributed by atoms with van der Waals surface area (Å²) >= 11 is 6.91. The van der Waals surface area contributed by atoms with Gasteiger partial charge in [0.15, 0.2) is 0 Å². The first kappa shape index (κ1) is 17.4. The minimum atomic E-state index is -0.980. The molecule has 0 bridgehead atoms. The lowest BCUT2D eigenvalue weighted by Crippen LogP contribution is -2.45. The van der Waals surface area contributed by atoms with Crippen LogP contribution in [0.15, 0.2) is 48.5 Å². The summed E-state index contributed by atoms with van der Waals surface area (Å²) in [4.78, 5) is 0. The van der Waals surface area contributed by atoms with E-state index in [-0.39, 0.29) is 5.54 Å². The number of rotatable bonds is 1. The molecule has 134 valence electrons. The molecule has 1 aliphatic rings. The third kappa shape index (κ3) is 2.69. The van der Waals surface area contributed by atoms with Crippen molar-refractivity contribution in [2.75, 3.05) is 5.32 Å². The third-order valence-corrected chi connectivity index (χ3v) is 5.72. The Morgan fingerprint density at radius 2 is 1.69 bits per heavy atom. The molecule has 2 nitrogen and oxygen atoms in total. The molecule has 0 amide bonds. The molecule has 1 aliphatic heterocycles. The molecule has 2 N–H and O–H groups in total. The predicted octanol–water partition coefficient (Wildman–Crippen LogP) is 6.27. The zero-order valence-corrected chi connectivity index (χ0v) is 16.4. The Kier molecular flexibility index (Phi) is 3.83. The molecule has 3 aromatic rings. The van der Waals surface area contributed by atoms with Gasteiger partial charge in [0.05, 0.1) is 10.6 Å². The van der Waals surface area contributed by atoms with Crippen molar-refractivity contribution in [1.82, 2.24) is 0 Å². The summed E-state index contributed by atoms with van der Waals surface area (Å²) in [6.45, 7) is 8.16. The van der Waals surface area contributed by atoms with E-state index in [4.69, 9.17) is 11.6 Å². The van der Waals surface area contributed by atoms with Gasteiger partial charge in [-0.15, -0.1) is 0 Å². The number of benzene rings is 3. The number of halogens is 1. The standard InChI is InChI=1S/C23H24ClNO/c1-14-12-18(17-11-7-9-15-8-5-6-10-16(15)17)20(24)19-21(14)25-22(2,3)13-23(19,4)26/h5-12,25-26H,13H2,1-4H3. The van der Waals surface area contributed by atoms with Crippen LogP contribution >= 0.6 is 11.6 Å². The van der Waals surface area contributed by atoms with Gasteiger partial charge in [-0.1, -0.05) is 54.1 Å². The van der Waals surface area contributed by atoms with Crippen LogP contribution in [0.1, 0.15) is 38.3 Å². The van der Waals surface area contributed by atoms with E-state index in [0.717, 1.165) is 27.9 Å². The lowest BCUT2D eigenvalue weighted by Gasteiger charge is -2.44. The minimum absolute atomic E-state index is 0.189. The van der Waals surface area contributed by atoms with Crippen molar-refractivity contribution in [3.05, 3.63) is 64.7 Å². The molecular formula is C23H24ClNO. The summed E-state index contributed by atoms with van der Waals surface area (Å²) in [7, 11) is 0. The van der Waals surface area contributed by atoms with Crippen LogP contribution in [0.5, 0.6) is 0 Å². The predicted molar refractivity (Wildman–Crippen MR) is 111 cm³/mol. The maximum absolute atomic E-state index is 11.2. The summed E-state index contributed by atoms with van der Waals surface area (Å²) in [5, 5.41) is 17.8. The molecule has 4 rings (SSSR count). The van der Waals surface area contributed by atoms with Gasteiger partial charge in [-0.05, 0) is 55.7 Å². The van der Waals surface area contributed by atoms with Crippen molar-refractivity contribution in [3.63, 3.8) is 0 Å². The van der Waals surface area contributed by atoms with Crippen LogP contribution in [0, 0.1) is 6.92 Å². The van der Waals surface area contributed by atoms with Crippen LogP contribution in [0.3, 0.4) is 0 Å². The third-order valence-electron chi connectivity index (χ3n) is 5.33. The van der Waals surface area contributed by atoms with Gasteiger partial charge >= 0.3 is 0 Å². The Hall–Kier alpha value is -2.03. The molecule has 1 heterocycles. The first-order valence-electron chi connectivity index (χ1n) is 9.02. The molecule has 0 aliphatic carbocycles. The summed E-state index contributed by atoms with van der Waals surface area (Å²) in [6.07, 6.45) is 0.602. The largest absolute Gasteiger partial charge is 0.385 e. The Bertz CT molecular complexity index is 1010. The molecule has 0 radical (unpaired) electrons. The fourth-order valence-electron chi connectivity index (χ4n) is 4.45. The molecule has 0 fully saturated rings. The van der Waals surface area contributed by atoms with E-state index >= 15 is 0 Å². The average molecular weight is 366 g/mol. The number of aryl methyl sites for hydroxylation is 1. The Morgan fingerprint density at radius 3 is 2.46 bits per heavy atom. The van der Waals surface area contributed by atoms with Gasteiger partial charge in [0, 0.05) is 28.8 Å². The highest BCUT2D eigenvalue weighted by Crippen LogP contribution is 2.50. The second kappa shape index (κ2) is 5.73. The summed E-state index contributed by atoms with van der Waals surface area (Å²) < 4.78 is 0. The second-order valence-electron chi connectivity index (χ2n) is 8.29. The first-order chi connectivity index (χ1) is 12.2. The lowest BCUT2D eigenvalue weighted by atomic mass is 9.76.